The Labute approximate surface area is 107 Å². The number of rotatable bonds is 6. The van der Waals surface area contributed by atoms with Gasteiger partial charge in [0.1, 0.15) is 0 Å². The highest BCUT2D eigenvalue weighted by atomic mass is 32.2. The van der Waals surface area contributed by atoms with E-state index in [1.807, 2.05) is 18.8 Å². The molecule has 1 aromatic heterocycles. The smallest absolute Gasteiger partial charge is 0.0480 e. The fourth-order valence-corrected chi connectivity index (χ4v) is 2.68. The zero-order chi connectivity index (χ0) is 12.1. The van der Waals surface area contributed by atoms with Gasteiger partial charge in [-0.25, -0.2) is 0 Å². The van der Waals surface area contributed by atoms with Gasteiger partial charge in [-0.05, 0) is 41.9 Å². The first-order valence-electron chi connectivity index (χ1n) is 6.15. The molecule has 1 aromatic carbocycles. The minimum absolute atomic E-state index is 0.937. The number of hydrogen-bond acceptors (Lipinski definition) is 2. The fraction of sp³-hybridized carbons (Fsp3) is 0.429. The molecule has 3 heteroatoms. The van der Waals surface area contributed by atoms with E-state index < -0.39 is 0 Å². The second-order valence-corrected chi connectivity index (χ2v) is 5.52. The molecule has 92 valence electrons. The maximum Gasteiger partial charge on any atom is 0.0480 e. The van der Waals surface area contributed by atoms with Crippen molar-refractivity contribution in [2.45, 2.75) is 20.0 Å². The van der Waals surface area contributed by atoms with E-state index in [4.69, 9.17) is 0 Å². The minimum atomic E-state index is 0.937. The van der Waals surface area contributed by atoms with Crippen molar-refractivity contribution in [3.8, 4) is 0 Å². The molecular weight excluding hydrogens is 228 g/mol. The number of benzene rings is 1. The molecule has 0 aliphatic heterocycles. The highest BCUT2D eigenvalue weighted by molar-refractivity contribution is 7.99. The Morgan fingerprint density at radius 2 is 2.18 bits per heavy atom. The third-order valence-corrected chi connectivity index (χ3v) is 3.78. The first kappa shape index (κ1) is 12.5. The third-order valence-electron chi connectivity index (χ3n) is 2.90. The van der Waals surface area contributed by atoms with Crippen LogP contribution in [0.1, 0.15) is 12.5 Å². The van der Waals surface area contributed by atoms with E-state index in [1.54, 1.807) is 0 Å². The molecule has 0 fully saturated rings. The van der Waals surface area contributed by atoms with E-state index in [0.717, 1.165) is 13.1 Å². The van der Waals surface area contributed by atoms with Crippen molar-refractivity contribution in [1.82, 2.24) is 9.88 Å². The molecule has 2 rings (SSSR count). The van der Waals surface area contributed by atoms with Crippen LogP contribution in [0.4, 0.5) is 0 Å². The van der Waals surface area contributed by atoms with Crippen molar-refractivity contribution in [3.63, 3.8) is 0 Å². The van der Waals surface area contributed by atoms with Gasteiger partial charge in [0.2, 0.25) is 0 Å². The molecule has 1 N–H and O–H groups in total. The van der Waals surface area contributed by atoms with Crippen LogP contribution in [0.5, 0.6) is 0 Å². The van der Waals surface area contributed by atoms with Gasteiger partial charge in [-0.15, -0.1) is 0 Å². The topological polar surface area (TPSA) is 17.0 Å². The second-order valence-electron chi connectivity index (χ2n) is 4.13. The average Bonchev–Trinajstić information content (AvgIpc) is 2.73. The summed E-state index contributed by atoms with van der Waals surface area (Å²) in [7, 11) is 1.98. The lowest BCUT2D eigenvalue weighted by Gasteiger charge is -2.05. The molecule has 2 aromatic rings. The maximum atomic E-state index is 3.19. The Morgan fingerprint density at radius 1 is 1.29 bits per heavy atom. The molecule has 2 nitrogen and oxygen atoms in total. The number of hydrogen-bond donors (Lipinski definition) is 1. The van der Waals surface area contributed by atoms with E-state index in [2.05, 4.69) is 47.3 Å². The van der Waals surface area contributed by atoms with Gasteiger partial charge in [0.05, 0.1) is 0 Å². The summed E-state index contributed by atoms with van der Waals surface area (Å²) in [5.74, 6) is 2.39. The lowest BCUT2D eigenvalue weighted by atomic mass is 10.1. The predicted molar refractivity (Wildman–Crippen MR) is 77.7 cm³/mol. The van der Waals surface area contributed by atoms with Crippen molar-refractivity contribution < 1.29 is 0 Å². The largest absolute Gasteiger partial charge is 0.347 e. The second kappa shape index (κ2) is 6.12. The summed E-state index contributed by atoms with van der Waals surface area (Å²) in [6.07, 6.45) is 2.20. The number of aromatic nitrogens is 1. The summed E-state index contributed by atoms with van der Waals surface area (Å²) < 4.78 is 2.35. The van der Waals surface area contributed by atoms with Crippen molar-refractivity contribution >= 4 is 22.7 Å². The molecule has 0 radical (unpaired) electrons. The zero-order valence-electron chi connectivity index (χ0n) is 10.6. The quantitative estimate of drug-likeness (QED) is 0.791. The van der Waals surface area contributed by atoms with E-state index in [1.165, 1.54) is 28.0 Å². The first-order chi connectivity index (χ1) is 8.35. The lowest BCUT2D eigenvalue weighted by Crippen LogP contribution is -2.04. The van der Waals surface area contributed by atoms with Crippen LogP contribution in [0.15, 0.2) is 30.5 Å². The van der Waals surface area contributed by atoms with Crippen LogP contribution in [0, 0.1) is 0 Å². The van der Waals surface area contributed by atoms with Gasteiger partial charge in [-0.3, -0.25) is 0 Å². The molecular formula is C14H20N2S. The molecule has 0 aliphatic carbocycles. The van der Waals surface area contributed by atoms with Crippen LogP contribution in [0.2, 0.25) is 0 Å². The summed E-state index contributed by atoms with van der Waals surface area (Å²) in [5, 5.41) is 4.53. The summed E-state index contributed by atoms with van der Waals surface area (Å²) in [4.78, 5) is 0. The third kappa shape index (κ3) is 3.05. The molecule has 1 heterocycles. The molecule has 0 aliphatic rings. The van der Waals surface area contributed by atoms with Crippen molar-refractivity contribution in [2.75, 3.05) is 18.6 Å². The van der Waals surface area contributed by atoms with Crippen LogP contribution < -0.4 is 5.32 Å². The number of nitrogens with one attached hydrogen (secondary N) is 1. The van der Waals surface area contributed by atoms with E-state index in [9.17, 15) is 0 Å². The predicted octanol–water partition coefficient (Wildman–Crippen LogP) is 3.11. The van der Waals surface area contributed by atoms with Gasteiger partial charge < -0.3 is 9.88 Å². The molecule has 0 bridgehead atoms. The molecule has 0 saturated carbocycles. The molecule has 0 spiro atoms. The van der Waals surface area contributed by atoms with Gasteiger partial charge in [0.25, 0.3) is 0 Å². The van der Waals surface area contributed by atoms with Gasteiger partial charge in [-0.2, -0.15) is 11.8 Å². The Kier molecular flexibility index (Phi) is 4.51. The van der Waals surface area contributed by atoms with Crippen LogP contribution in [0.3, 0.4) is 0 Å². The molecule has 0 saturated heterocycles. The van der Waals surface area contributed by atoms with Crippen LogP contribution in [-0.4, -0.2) is 23.1 Å². The van der Waals surface area contributed by atoms with E-state index in [-0.39, 0.29) is 0 Å². The van der Waals surface area contributed by atoms with Crippen LogP contribution in [-0.2, 0) is 13.1 Å². The fourth-order valence-electron chi connectivity index (χ4n) is 2.07. The number of aryl methyl sites for hydroxylation is 1. The SMILES string of the molecule is CCSCCn1ccc2cc(CNC)ccc21. The van der Waals surface area contributed by atoms with Crippen molar-refractivity contribution in [1.29, 1.82) is 0 Å². The number of fused-ring (bicyclic) bond motifs is 1. The van der Waals surface area contributed by atoms with Gasteiger partial charge >= 0.3 is 0 Å². The van der Waals surface area contributed by atoms with Gasteiger partial charge in [-0.1, -0.05) is 13.0 Å². The van der Waals surface area contributed by atoms with Crippen molar-refractivity contribution in [3.05, 3.63) is 36.0 Å². The number of nitrogens with zero attached hydrogens (tertiary/aromatic N) is 1. The summed E-state index contributed by atoms with van der Waals surface area (Å²) in [6, 6.07) is 8.93. The lowest BCUT2D eigenvalue weighted by molar-refractivity contribution is 0.805. The number of thioether (sulfide) groups is 1. The van der Waals surface area contributed by atoms with E-state index >= 15 is 0 Å². The Bertz CT molecular complexity index is 476. The highest BCUT2D eigenvalue weighted by Crippen LogP contribution is 2.18. The first-order valence-corrected chi connectivity index (χ1v) is 7.30. The normalized spacial score (nSPS) is 11.2. The maximum absolute atomic E-state index is 3.19. The molecule has 0 amide bonds. The summed E-state index contributed by atoms with van der Waals surface area (Å²) in [5.41, 5.74) is 2.70. The molecule has 0 unspecified atom stereocenters. The highest BCUT2D eigenvalue weighted by Gasteiger charge is 2.01. The zero-order valence-corrected chi connectivity index (χ0v) is 11.4. The minimum Gasteiger partial charge on any atom is -0.347 e. The monoisotopic (exact) mass is 248 g/mol. The summed E-state index contributed by atoms with van der Waals surface area (Å²) >= 11 is 2.00. The Morgan fingerprint density at radius 3 is 2.94 bits per heavy atom. The average molecular weight is 248 g/mol. The van der Waals surface area contributed by atoms with Gasteiger partial charge in [0, 0.05) is 30.6 Å². The standard InChI is InChI=1S/C14H20N2S/c1-3-17-9-8-16-7-6-13-10-12(11-15-2)4-5-14(13)16/h4-7,10,15H,3,8-9,11H2,1-2H3. The Hall–Kier alpha value is -0.930. The van der Waals surface area contributed by atoms with Crippen LogP contribution in [0.25, 0.3) is 10.9 Å². The van der Waals surface area contributed by atoms with Crippen molar-refractivity contribution in [2.24, 2.45) is 0 Å². The molecule has 17 heavy (non-hydrogen) atoms. The van der Waals surface area contributed by atoms with Gasteiger partial charge in [0.15, 0.2) is 0 Å². The summed E-state index contributed by atoms with van der Waals surface area (Å²) in [6.45, 7) is 4.25. The van der Waals surface area contributed by atoms with Crippen LogP contribution >= 0.6 is 11.8 Å². The Balaban J connectivity index is 2.16. The molecule has 0 atom stereocenters. The van der Waals surface area contributed by atoms with E-state index in [0.29, 0.717) is 0 Å².